The van der Waals surface area contributed by atoms with E-state index < -0.39 is 57.9 Å². The molecule has 0 spiro atoms. The van der Waals surface area contributed by atoms with Crippen LogP contribution < -0.4 is 21.3 Å². The molecule has 0 radical (unpaired) electrons. The summed E-state index contributed by atoms with van der Waals surface area (Å²) in [6, 6.07) is 7.37. The summed E-state index contributed by atoms with van der Waals surface area (Å²) in [5.74, 6) is -1.85. The third-order valence-corrected chi connectivity index (χ3v) is 7.54. The van der Waals surface area contributed by atoms with Gasteiger partial charge in [-0.25, -0.2) is 8.42 Å². The highest BCUT2D eigenvalue weighted by Gasteiger charge is 2.32. The number of alkyl halides is 3. The first-order valence-electron chi connectivity index (χ1n) is 12.5. The summed E-state index contributed by atoms with van der Waals surface area (Å²) in [6.07, 6.45) is 0.675. The summed E-state index contributed by atoms with van der Waals surface area (Å²) in [7, 11) is -3.41. The second-order valence-electron chi connectivity index (χ2n) is 9.45. The van der Waals surface area contributed by atoms with E-state index in [1.165, 1.54) is 30.3 Å². The van der Waals surface area contributed by atoms with Crippen LogP contribution in [0.4, 0.5) is 18.9 Å². The molecule has 1 aliphatic carbocycles. The average Bonchev–Trinajstić information content (AvgIpc) is 2.90. The standard InChI is InChI=1S/C27H31F3N4O5S/c1-3-14-31-21-13-10-18(27(28,29)30)15-20(21)26(37)32-16-24(35)33-22-6-4-5-7-23(22)34-25(36)17-8-11-19(12-9-17)40(2,38)39/h3,8-13,15,22-23,31H,1,4-7,14,16H2,2H3,(H,32,37)(H,33,35)(H,34,36). The number of hydrogen-bond acceptors (Lipinski definition) is 6. The summed E-state index contributed by atoms with van der Waals surface area (Å²) in [5, 5.41) is 10.8. The van der Waals surface area contributed by atoms with Crippen molar-refractivity contribution in [2.45, 2.75) is 48.8 Å². The lowest BCUT2D eigenvalue weighted by molar-refractivity contribution is -0.137. The summed E-state index contributed by atoms with van der Waals surface area (Å²) in [5.41, 5.74) is -0.852. The first kappa shape index (κ1) is 30.7. The summed E-state index contributed by atoms with van der Waals surface area (Å²) in [4.78, 5) is 38.2. The van der Waals surface area contributed by atoms with Crippen LogP contribution in [0.3, 0.4) is 0 Å². The lowest BCUT2D eigenvalue weighted by Crippen LogP contribution is -2.54. The van der Waals surface area contributed by atoms with Gasteiger partial charge in [0, 0.05) is 36.1 Å². The van der Waals surface area contributed by atoms with Gasteiger partial charge in [-0.2, -0.15) is 13.2 Å². The van der Waals surface area contributed by atoms with E-state index in [0.29, 0.717) is 18.9 Å². The second kappa shape index (κ2) is 13.0. The van der Waals surface area contributed by atoms with Gasteiger partial charge in [-0.1, -0.05) is 18.9 Å². The fraction of sp³-hybridized carbons (Fsp3) is 0.370. The molecule has 2 aromatic carbocycles. The van der Waals surface area contributed by atoms with Gasteiger partial charge in [0.1, 0.15) is 0 Å². The Morgan fingerprint density at radius 3 is 2.17 bits per heavy atom. The van der Waals surface area contributed by atoms with E-state index in [1.807, 2.05) is 0 Å². The number of anilines is 1. The zero-order valence-corrected chi connectivity index (χ0v) is 22.6. The molecule has 0 aromatic heterocycles. The van der Waals surface area contributed by atoms with Crippen molar-refractivity contribution in [2.75, 3.05) is 24.7 Å². The lowest BCUT2D eigenvalue weighted by atomic mass is 9.90. The smallest absolute Gasteiger partial charge is 0.381 e. The number of rotatable bonds is 10. The minimum Gasteiger partial charge on any atom is -0.381 e. The minimum absolute atomic E-state index is 0.0858. The molecule has 1 fully saturated rings. The number of nitrogens with one attached hydrogen (secondary N) is 4. The van der Waals surface area contributed by atoms with Crippen LogP contribution in [0.1, 0.15) is 52.0 Å². The number of carbonyl (C=O) groups is 3. The fourth-order valence-corrected chi connectivity index (χ4v) is 4.97. The highest BCUT2D eigenvalue weighted by atomic mass is 32.2. The predicted molar refractivity (Wildman–Crippen MR) is 144 cm³/mol. The third-order valence-electron chi connectivity index (χ3n) is 6.41. The number of hydrogen-bond donors (Lipinski definition) is 4. The van der Waals surface area contributed by atoms with Gasteiger partial charge in [-0.05, 0) is 55.3 Å². The topological polar surface area (TPSA) is 133 Å². The minimum atomic E-state index is -4.65. The van der Waals surface area contributed by atoms with Gasteiger partial charge in [0.05, 0.1) is 22.6 Å². The third kappa shape index (κ3) is 8.31. The van der Waals surface area contributed by atoms with Gasteiger partial charge in [-0.3, -0.25) is 14.4 Å². The van der Waals surface area contributed by atoms with Gasteiger partial charge < -0.3 is 21.3 Å². The van der Waals surface area contributed by atoms with Crippen molar-refractivity contribution in [2.24, 2.45) is 0 Å². The van der Waals surface area contributed by atoms with Gasteiger partial charge in [-0.15, -0.1) is 6.58 Å². The zero-order chi connectivity index (χ0) is 29.5. The van der Waals surface area contributed by atoms with Crippen molar-refractivity contribution >= 4 is 33.2 Å². The Labute approximate surface area is 230 Å². The molecule has 2 aromatic rings. The monoisotopic (exact) mass is 580 g/mol. The van der Waals surface area contributed by atoms with Crippen molar-refractivity contribution in [3.8, 4) is 0 Å². The highest BCUT2D eigenvalue weighted by Crippen LogP contribution is 2.32. The van der Waals surface area contributed by atoms with Crippen LogP contribution in [0.15, 0.2) is 60.0 Å². The largest absolute Gasteiger partial charge is 0.416 e. The van der Waals surface area contributed by atoms with Crippen LogP contribution in [0.25, 0.3) is 0 Å². The van der Waals surface area contributed by atoms with Crippen LogP contribution in [0.5, 0.6) is 0 Å². The number of halogens is 3. The van der Waals surface area contributed by atoms with Gasteiger partial charge in [0.2, 0.25) is 5.91 Å². The molecule has 2 unspecified atom stereocenters. The normalized spacial score (nSPS) is 17.4. The molecule has 2 atom stereocenters. The van der Waals surface area contributed by atoms with E-state index in [2.05, 4.69) is 27.8 Å². The zero-order valence-electron chi connectivity index (χ0n) is 21.8. The number of amides is 3. The molecule has 0 bridgehead atoms. The van der Waals surface area contributed by atoms with E-state index in [4.69, 9.17) is 0 Å². The van der Waals surface area contributed by atoms with Crippen molar-refractivity contribution in [3.63, 3.8) is 0 Å². The predicted octanol–water partition coefficient (Wildman–Crippen LogP) is 3.29. The molecule has 3 rings (SSSR count). The maximum Gasteiger partial charge on any atom is 0.416 e. The van der Waals surface area contributed by atoms with Crippen molar-refractivity contribution in [3.05, 3.63) is 71.8 Å². The van der Waals surface area contributed by atoms with Crippen LogP contribution >= 0.6 is 0 Å². The first-order valence-corrected chi connectivity index (χ1v) is 14.4. The van der Waals surface area contributed by atoms with Crippen molar-refractivity contribution < 1.29 is 36.0 Å². The van der Waals surface area contributed by atoms with E-state index in [-0.39, 0.29) is 28.3 Å². The second-order valence-corrected chi connectivity index (χ2v) is 11.5. The fourth-order valence-electron chi connectivity index (χ4n) is 4.34. The van der Waals surface area contributed by atoms with Crippen LogP contribution in [-0.2, 0) is 20.8 Å². The molecule has 1 saturated carbocycles. The van der Waals surface area contributed by atoms with Crippen molar-refractivity contribution in [1.82, 2.24) is 16.0 Å². The molecule has 9 nitrogen and oxygen atoms in total. The SMILES string of the molecule is C=CCNc1ccc(C(F)(F)F)cc1C(=O)NCC(=O)NC1CCCCC1NC(=O)c1ccc(S(C)(=O)=O)cc1. The molecule has 1 aliphatic rings. The lowest BCUT2D eigenvalue weighted by Gasteiger charge is -2.33. The number of benzene rings is 2. The van der Waals surface area contributed by atoms with E-state index >= 15 is 0 Å². The molecule has 0 heterocycles. The quantitative estimate of drug-likeness (QED) is 0.319. The molecule has 0 saturated heterocycles. The van der Waals surface area contributed by atoms with E-state index in [1.54, 1.807) is 0 Å². The van der Waals surface area contributed by atoms with Crippen LogP contribution in [0, 0.1) is 0 Å². The summed E-state index contributed by atoms with van der Waals surface area (Å²) in [6.45, 7) is 3.26. The van der Waals surface area contributed by atoms with Crippen LogP contribution in [-0.4, -0.2) is 57.6 Å². The van der Waals surface area contributed by atoms with Crippen LogP contribution in [0.2, 0.25) is 0 Å². The summed E-state index contributed by atoms with van der Waals surface area (Å²) < 4.78 is 62.9. The molecule has 0 aliphatic heterocycles. The molecule has 216 valence electrons. The van der Waals surface area contributed by atoms with Gasteiger partial charge >= 0.3 is 6.18 Å². The van der Waals surface area contributed by atoms with Gasteiger partial charge in [0.15, 0.2) is 9.84 Å². The highest BCUT2D eigenvalue weighted by molar-refractivity contribution is 7.90. The molecule has 40 heavy (non-hydrogen) atoms. The Morgan fingerprint density at radius 2 is 1.60 bits per heavy atom. The summed E-state index contributed by atoms with van der Waals surface area (Å²) >= 11 is 0. The molecular weight excluding hydrogens is 549 g/mol. The molecule has 3 amide bonds. The van der Waals surface area contributed by atoms with Crippen molar-refractivity contribution in [1.29, 1.82) is 0 Å². The molecule has 4 N–H and O–H groups in total. The number of carbonyl (C=O) groups excluding carboxylic acids is 3. The van der Waals surface area contributed by atoms with E-state index in [9.17, 15) is 36.0 Å². The Morgan fingerprint density at radius 1 is 0.975 bits per heavy atom. The number of sulfone groups is 1. The Kier molecular flexibility index (Phi) is 9.96. The molecule has 13 heteroatoms. The Hall–Kier alpha value is -3.87. The first-order chi connectivity index (χ1) is 18.8. The van der Waals surface area contributed by atoms with Gasteiger partial charge in [0.25, 0.3) is 11.8 Å². The average molecular weight is 581 g/mol. The Bertz CT molecular complexity index is 1360. The molecular formula is C27H31F3N4O5S. The maximum atomic E-state index is 13.2. The van der Waals surface area contributed by atoms with E-state index in [0.717, 1.165) is 31.2 Å². The Balaban J connectivity index is 1.62. The maximum absolute atomic E-state index is 13.2.